The number of ether oxygens (including phenoxy) is 2. The molecule has 2 heterocycles. The summed E-state index contributed by atoms with van der Waals surface area (Å²) in [7, 11) is 2.03. The second-order valence-corrected chi connectivity index (χ2v) is 4.83. The summed E-state index contributed by atoms with van der Waals surface area (Å²) in [6.07, 6.45) is -1.37. The van der Waals surface area contributed by atoms with Crippen LogP contribution in [-0.2, 0) is 13.9 Å². The van der Waals surface area contributed by atoms with E-state index in [4.69, 9.17) is 19.6 Å². The molecule has 0 aliphatic carbocycles. The van der Waals surface area contributed by atoms with Crippen LogP contribution in [0.3, 0.4) is 0 Å². The minimum Gasteiger partial charge on any atom is -0.425 e. The zero-order valence-electron chi connectivity index (χ0n) is 10.7. The fourth-order valence-corrected chi connectivity index (χ4v) is 2.49. The Morgan fingerprint density at radius 3 is 3.00 bits per heavy atom. The third-order valence-corrected chi connectivity index (χ3v) is 3.37. The van der Waals surface area contributed by atoms with Crippen LogP contribution in [-0.4, -0.2) is 57.2 Å². The van der Waals surface area contributed by atoms with Gasteiger partial charge in [0.1, 0.15) is 34.6 Å². The lowest BCUT2D eigenvalue weighted by Crippen LogP contribution is -2.37. The molecule has 1 fully saturated rings. The number of aliphatic hydroxyl groups is 1. The summed E-state index contributed by atoms with van der Waals surface area (Å²) in [4.78, 5) is 15.4. The minimum atomic E-state index is -0.977. The zero-order chi connectivity index (χ0) is 14.0. The molecule has 0 saturated carbocycles. The second-order valence-electron chi connectivity index (χ2n) is 4.25. The van der Waals surface area contributed by atoms with Crippen molar-refractivity contribution in [2.24, 2.45) is 0 Å². The molecular formula is C10H17N3O5Si. The molecule has 1 aliphatic heterocycles. The van der Waals surface area contributed by atoms with E-state index in [9.17, 15) is 9.90 Å². The first-order chi connectivity index (χ1) is 9.08. The zero-order valence-corrected chi connectivity index (χ0v) is 12.7. The standard InChI is InChI=1S/C10H17N3O5Si/c1-16-8-5(4-17-19)18-9(7(8)14)13-3-2-6(11)12-10(13)15/h2-3,5,7-9,14H,4H2,1,19H3,(H2,11,12,15)/t5-,7-,8-,9?/m1/s1. The lowest BCUT2D eigenvalue weighted by Gasteiger charge is -2.18. The maximum absolute atomic E-state index is 11.7. The highest BCUT2D eigenvalue weighted by Crippen LogP contribution is 2.30. The number of nitrogen functional groups attached to an aromatic ring is 1. The predicted octanol–water partition coefficient (Wildman–Crippen LogP) is -2.60. The van der Waals surface area contributed by atoms with E-state index in [0.29, 0.717) is 17.1 Å². The fraction of sp³-hybridized carbons (Fsp3) is 0.600. The molecule has 1 saturated heterocycles. The Balaban J connectivity index is 2.28. The van der Waals surface area contributed by atoms with Crippen molar-refractivity contribution >= 4 is 16.3 Å². The molecular weight excluding hydrogens is 270 g/mol. The number of anilines is 1. The maximum atomic E-state index is 11.7. The van der Waals surface area contributed by atoms with E-state index in [1.165, 1.54) is 23.9 Å². The van der Waals surface area contributed by atoms with E-state index >= 15 is 0 Å². The van der Waals surface area contributed by atoms with E-state index in [0.717, 1.165) is 0 Å². The van der Waals surface area contributed by atoms with Crippen LogP contribution in [0.15, 0.2) is 17.1 Å². The number of aliphatic hydroxyl groups excluding tert-OH is 1. The first kappa shape index (κ1) is 14.2. The van der Waals surface area contributed by atoms with Crippen molar-refractivity contribution in [3.63, 3.8) is 0 Å². The van der Waals surface area contributed by atoms with Gasteiger partial charge < -0.3 is 24.7 Å². The summed E-state index contributed by atoms with van der Waals surface area (Å²) in [5, 5.41) is 10.2. The van der Waals surface area contributed by atoms with Crippen molar-refractivity contribution in [1.29, 1.82) is 0 Å². The van der Waals surface area contributed by atoms with Crippen molar-refractivity contribution in [2.45, 2.75) is 24.5 Å². The van der Waals surface area contributed by atoms with Crippen LogP contribution in [0.25, 0.3) is 0 Å². The first-order valence-electron chi connectivity index (χ1n) is 5.78. The van der Waals surface area contributed by atoms with Gasteiger partial charge >= 0.3 is 5.69 Å². The maximum Gasteiger partial charge on any atom is 0.351 e. The van der Waals surface area contributed by atoms with Crippen LogP contribution in [0, 0.1) is 0 Å². The molecule has 1 aromatic heterocycles. The Bertz CT molecular complexity index is 496. The Labute approximate surface area is 112 Å². The predicted molar refractivity (Wildman–Crippen MR) is 69.5 cm³/mol. The molecule has 4 atom stereocenters. The van der Waals surface area contributed by atoms with Gasteiger partial charge in [0.15, 0.2) is 6.23 Å². The van der Waals surface area contributed by atoms with Crippen molar-refractivity contribution in [3.8, 4) is 0 Å². The SMILES string of the molecule is CO[C@@H]1[C@@H](CO[SiH3])OC(n2ccc(N)nc2=O)[C@@H]1O. The van der Waals surface area contributed by atoms with Crippen LogP contribution in [0.4, 0.5) is 5.82 Å². The first-order valence-corrected chi connectivity index (χ1v) is 6.60. The number of nitrogens with two attached hydrogens (primary N) is 1. The third-order valence-electron chi connectivity index (χ3n) is 3.04. The summed E-state index contributed by atoms with van der Waals surface area (Å²) >= 11 is 0. The number of methoxy groups -OCH3 is 1. The monoisotopic (exact) mass is 287 g/mol. The van der Waals surface area contributed by atoms with Crippen LogP contribution in [0.5, 0.6) is 0 Å². The molecule has 1 aromatic rings. The molecule has 0 radical (unpaired) electrons. The van der Waals surface area contributed by atoms with Gasteiger partial charge in [0.05, 0.1) is 6.61 Å². The lowest BCUT2D eigenvalue weighted by atomic mass is 10.1. The molecule has 0 spiro atoms. The highest BCUT2D eigenvalue weighted by molar-refractivity contribution is 5.97. The smallest absolute Gasteiger partial charge is 0.351 e. The quantitative estimate of drug-likeness (QED) is 0.584. The summed E-state index contributed by atoms with van der Waals surface area (Å²) in [5.74, 6) is 0.122. The van der Waals surface area contributed by atoms with Gasteiger partial charge in [-0.3, -0.25) is 4.57 Å². The van der Waals surface area contributed by atoms with Crippen LogP contribution < -0.4 is 11.4 Å². The van der Waals surface area contributed by atoms with E-state index in [2.05, 4.69) is 4.98 Å². The van der Waals surface area contributed by atoms with Crippen molar-refractivity contribution in [3.05, 3.63) is 22.7 Å². The average Bonchev–Trinajstić information content (AvgIpc) is 2.66. The van der Waals surface area contributed by atoms with Gasteiger partial charge in [-0.25, -0.2) is 4.79 Å². The van der Waals surface area contributed by atoms with Gasteiger partial charge in [-0.2, -0.15) is 4.98 Å². The van der Waals surface area contributed by atoms with Gasteiger partial charge in [0, 0.05) is 13.3 Å². The molecule has 0 bridgehead atoms. The largest absolute Gasteiger partial charge is 0.425 e. The highest BCUT2D eigenvalue weighted by Gasteiger charge is 2.45. The minimum absolute atomic E-state index is 0.122. The molecule has 1 aliphatic rings. The molecule has 1 unspecified atom stereocenters. The summed E-state index contributed by atoms with van der Waals surface area (Å²) in [6.45, 7) is 0.315. The Morgan fingerprint density at radius 1 is 1.68 bits per heavy atom. The number of hydrogen-bond acceptors (Lipinski definition) is 7. The summed E-state index contributed by atoms with van der Waals surface area (Å²) < 4.78 is 17.2. The molecule has 0 aromatic carbocycles. The van der Waals surface area contributed by atoms with E-state index in [-0.39, 0.29) is 5.82 Å². The van der Waals surface area contributed by atoms with Gasteiger partial charge in [-0.05, 0) is 6.07 Å². The van der Waals surface area contributed by atoms with Gasteiger partial charge in [-0.1, -0.05) is 0 Å². The highest BCUT2D eigenvalue weighted by atomic mass is 28.2. The van der Waals surface area contributed by atoms with Crippen molar-refractivity contribution < 1.29 is 19.0 Å². The van der Waals surface area contributed by atoms with Crippen molar-refractivity contribution in [1.82, 2.24) is 9.55 Å². The normalized spacial score (nSPS) is 30.8. The molecule has 19 heavy (non-hydrogen) atoms. The fourth-order valence-electron chi connectivity index (χ4n) is 2.16. The molecule has 8 nitrogen and oxygen atoms in total. The topological polar surface area (TPSA) is 109 Å². The Kier molecular flexibility index (Phi) is 4.32. The molecule has 2 rings (SSSR count). The van der Waals surface area contributed by atoms with E-state index in [1.54, 1.807) is 0 Å². The van der Waals surface area contributed by atoms with Crippen LogP contribution >= 0.6 is 0 Å². The van der Waals surface area contributed by atoms with Crippen LogP contribution in [0.2, 0.25) is 0 Å². The van der Waals surface area contributed by atoms with Gasteiger partial charge in [-0.15, -0.1) is 0 Å². The second kappa shape index (κ2) is 5.80. The average molecular weight is 287 g/mol. The number of aromatic nitrogens is 2. The van der Waals surface area contributed by atoms with Gasteiger partial charge in [0.25, 0.3) is 0 Å². The third kappa shape index (κ3) is 2.69. The molecule has 9 heteroatoms. The summed E-state index contributed by atoms with van der Waals surface area (Å²) in [5.41, 5.74) is 4.84. The van der Waals surface area contributed by atoms with Gasteiger partial charge in [0.2, 0.25) is 0 Å². The Hall–Kier alpha value is -1.26. The molecule has 3 N–H and O–H groups in total. The Morgan fingerprint density at radius 2 is 2.42 bits per heavy atom. The number of rotatable bonds is 4. The van der Waals surface area contributed by atoms with Crippen LogP contribution in [0.1, 0.15) is 6.23 Å². The lowest BCUT2D eigenvalue weighted by molar-refractivity contribution is -0.0521. The van der Waals surface area contributed by atoms with E-state index < -0.39 is 30.2 Å². The molecule has 0 amide bonds. The number of nitrogens with zero attached hydrogens (tertiary/aromatic N) is 2. The van der Waals surface area contributed by atoms with E-state index in [1.807, 2.05) is 0 Å². The summed E-state index contributed by atoms with van der Waals surface area (Å²) in [6, 6.07) is 1.47. The number of hydrogen-bond donors (Lipinski definition) is 2. The molecule has 106 valence electrons. The van der Waals surface area contributed by atoms with Crippen molar-refractivity contribution in [2.75, 3.05) is 19.5 Å².